The second-order valence-electron chi connectivity index (χ2n) is 31.1. The van der Waals surface area contributed by atoms with Gasteiger partial charge in [-0.2, -0.15) is 0 Å². The molecule has 4 heterocycles. The molecule has 4 aliphatic heterocycles. The van der Waals surface area contributed by atoms with Gasteiger partial charge in [-0.3, -0.25) is 0 Å². The Morgan fingerprint density at radius 1 is 0.253 bits per heavy atom. The summed E-state index contributed by atoms with van der Waals surface area (Å²) in [5.41, 5.74) is 25.6. The molecule has 5 aromatic rings. The third kappa shape index (κ3) is 11.0. The van der Waals surface area contributed by atoms with E-state index < -0.39 is 42.9 Å². The van der Waals surface area contributed by atoms with Gasteiger partial charge in [-0.1, -0.05) is 294 Å². The molecule has 4 fully saturated rings. The first kappa shape index (κ1) is 70.6. The Kier molecular flexibility index (Phi) is 22.0. The molecule has 0 unspecified atom stereocenters. The molecule has 5 aromatic carbocycles. The van der Waals surface area contributed by atoms with Crippen LogP contribution in [0.4, 0.5) is 0 Å². The third-order valence-electron chi connectivity index (χ3n) is 20.4. The molecule has 0 N–H and O–H groups in total. The molecule has 0 saturated carbocycles. The van der Waals surface area contributed by atoms with Crippen LogP contribution >= 0.6 is 0 Å². The summed E-state index contributed by atoms with van der Waals surface area (Å²) in [7, 11) is -5.71. The van der Waals surface area contributed by atoms with E-state index in [0.29, 0.717) is 88.8 Å². The van der Waals surface area contributed by atoms with Crippen LogP contribution in [0, 0.1) is 0 Å². The SMILES string of the molecule is CC(C)c1cc(C(C)C)c([Si](c2c(C(C)C)cc(C(C)C)cc2C(C)C)[Si]23[Si]4[Si]2[Si]4(c2c(C(C)C)cc(C(C)C)cc2C(C)C)[Si]3(c2c(C(C)C)cc(C(C)C)cc2C(C)C)c2c(C(C)C)cc(C(C)C)cc2C(C)C)c(C(C)C)c1.[Ge].[Li]. The van der Waals surface area contributed by atoms with Crippen molar-refractivity contribution in [1.29, 1.82) is 0 Å². The first-order chi connectivity index (χ1) is 37.6. The van der Waals surface area contributed by atoms with Crippen molar-refractivity contribution in [2.24, 2.45) is 0 Å². The zero-order valence-electron chi connectivity index (χ0n) is 58.9. The van der Waals surface area contributed by atoms with Gasteiger partial charge in [0.2, 0.25) is 0 Å². The summed E-state index contributed by atoms with van der Waals surface area (Å²) in [4.78, 5) is 0. The summed E-state index contributed by atoms with van der Waals surface area (Å²) in [6, 6.07) is 28.6. The first-order valence-corrected chi connectivity index (χ1v) is 51.7. The molecule has 0 aromatic heterocycles. The van der Waals surface area contributed by atoms with E-state index in [1.54, 1.807) is 83.5 Å². The fraction of sp³-hybridized carbons (Fsp3) is 0.600. The van der Waals surface area contributed by atoms with Gasteiger partial charge in [0, 0.05) is 57.3 Å². The number of hydrogen-bond acceptors (Lipinski definition) is 0. The van der Waals surface area contributed by atoms with Crippen molar-refractivity contribution in [1.82, 2.24) is 0 Å². The number of hydrogen-bond donors (Lipinski definition) is 0. The van der Waals surface area contributed by atoms with Gasteiger partial charge in [0.1, 0.15) is 8.31 Å². The van der Waals surface area contributed by atoms with Crippen LogP contribution in [0.5, 0.6) is 0 Å². The summed E-state index contributed by atoms with van der Waals surface area (Å²) in [5, 5.41) is 10.1. The van der Waals surface area contributed by atoms with E-state index in [1.807, 2.05) is 10.4 Å². The van der Waals surface area contributed by atoms with Gasteiger partial charge < -0.3 is 0 Å². The molecule has 4 aliphatic rings. The molecule has 0 nitrogen and oxygen atoms in total. The molecule has 8 radical (unpaired) electrons. The first-order valence-electron chi connectivity index (χ1n) is 33.2. The van der Waals surface area contributed by atoms with Crippen molar-refractivity contribution >= 4 is 105 Å². The van der Waals surface area contributed by atoms with Crippen molar-refractivity contribution in [3.63, 3.8) is 0 Å². The van der Waals surface area contributed by atoms with E-state index in [2.05, 4.69) is 284 Å². The summed E-state index contributed by atoms with van der Waals surface area (Å²) in [6.07, 6.45) is -2.34. The molecule has 83 heavy (non-hydrogen) atoms. The second-order valence-corrected chi connectivity index (χ2v) is 95.1. The average Bonchev–Trinajstić information content (AvgIpc) is 4.24. The van der Waals surface area contributed by atoms with Gasteiger partial charge in [-0.25, -0.2) is 0 Å². The third-order valence-corrected chi connectivity index (χ3v) is 190. The number of rotatable bonds is 21. The van der Waals surface area contributed by atoms with Crippen LogP contribution in [-0.2, 0) is 0 Å². The van der Waals surface area contributed by atoms with Crippen molar-refractivity contribution < 1.29 is 0 Å². The molecule has 0 aliphatic carbocycles. The van der Waals surface area contributed by atoms with Crippen molar-refractivity contribution in [2.75, 3.05) is 0 Å². The van der Waals surface area contributed by atoms with Crippen LogP contribution in [0.25, 0.3) is 0 Å². The van der Waals surface area contributed by atoms with Crippen LogP contribution in [0.1, 0.15) is 380 Å². The van der Waals surface area contributed by atoms with Crippen molar-refractivity contribution in [3.8, 4) is 0 Å². The van der Waals surface area contributed by atoms with Crippen LogP contribution < -0.4 is 25.9 Å². The van der Waals surface area contributed by atoms with E-state index in [0.717, 1.165) is 0 Å². The Morgan fingerprint density at radius 2 is 0.422 bits per heavy atom. The largest absolute Gasteiger partial charge is 0.105 e. The van der Waals surface area contributed by atoms with E-state index >= 15 is 0 Å². The fourth-order valence-corrected chi connectivity index (χ4v) is 400. The predicted molar refractivity (Wildman–Crippen MR) is 388 cm³/mol. The minimum Gasteiger partial charge on any atom is -0.0614 e. The summed E-state index contributed by atoms with van der Waals surface area (Å²) in [5.74, 6) is 6.87. The van der Waals surface area contributed by atoms with Gasteiger partial charge in [-0.15, -0.1) is 0 Å². The second kappa shape index (κ2) is 25.8. The van der Waals surface area contributed by atoms with Crippen LogP contribution in [-0.4, -0.2) is 79.3 Å². The van der Waals surface area contributed by atoms with E-state index in [1.165, 1.54) is 0 Å². The Labute approximate surface area is 541 Å². The molecule has 4 saturated heterocycles. The Balaban J connectivity index is 0.00000553. The molecule has 0 amide bonds. The molecule has 8 heteroatoms. The maximum absolute atomic E-state index is 2.89. The van der Waals surface area contributed by atoms with E-state index in [-0.39, 0.29) is 36.5 Å². The molecule has 2 bridgehead atoms. The fourth-order valence-electron chi connectivity index (χ4n) is 15.9. The maximum atomic E-state index is 2.89. The quantitative estimate of drug-likeness (QED) is 0.0643. The van der Waals surface area contributed by atoms with Gasteiger partial charge in [0.05, 0.1) is 13.7 Å². The molecule has 0 atom stereocenters. The predicted octanol–water partition coefficient (Wildman–Crippen LogP) is 18.1. The molecular formula is C75H115GeLiSi6. The smallest absolute Gasteiger partial charge is 0.0614 e. The molecule has 444 valence electrons. The molecule has 0 spiro atoms. The van der Waals surface area contributed by atoms with E-state index in [9.17, 15) is 0 Å². The summed E-state index contributed by atoms with van der Waals surface area (Å²) in [6.45, 7) is 75.1. The average molecular weight is 1260 g/mol. The van der Waals surface area contributed by atoms with Crippen LogP contribution in [0.15, 0.2) is 60.7 Å². The van der Waals surface area contributed by atoms with Crippen molar-refractivity contribution in [2.45, 2.75) is 296 Å². The van der Waals surface area contributed by atoms with Crippen LogP contribution in [0.3, 0.4) is 0 Å². The van der Waals surface area contributed by atoms with Gasteiger partial charge in [-0.05, 0) is 172 Å². The molecular weight excluding hydrogens is 1150 g/mol. The van der Waals surface area contributed by atoms with Gasteiger partial charge in [0.25, 0.3) is 0 Å². The standard InChI is InChI=1S/C75H115Si6.Ge.Li/c1-41(2)56-31-61(46(11)12)71(62(32-56)47(13)14)76(72-63(48(15)16)33-57(42(3)4)34-64(72)49(17)18)81-77-78(81)80(77,75-69(54(27)28)39-60(45(9)10)40-70(75)55(29)30)79(81,73-65(50(19)20)35-58(43(5)6)36-66(73)51(21)22)74-67(52(23)24)37-59(44(7)8)38-68(74)53(25)26;;/h31-55H,1-30H3;;. The molecule has 9 rings (SSSR count). The van der Waals surface area contributed by atoms with Gasteiger partial charge >= 0.3 is 0 Å². The maximum Gasteiger partial charge on any atom is 0.105 e. The Hall–Kier alpha value is -1.46. The van der Waals surface area contributed by atoms with E-state index in [4.69, 9.17) is 0 Å². The normalized spacial score (nSPS) is 16.4. The minimum absolute atomic E-state index is 0. The topological polar surface area (TPSA) is 0 Å². The number of benzene rings is 5. The van der Waals surface area contributed by atoms with Crippen LogP contribution in [0.2, 0.25) is 0 Å². The Bertz CT molecular complexity index is 2860. The summed E-state index contributed by atoms with van der Waals surface area (Å²) < 4.78 is 0. The Morgan fingerprint density at radius 3 is 0.590 bits per heavy atom. The van der Waals surface area contributed by atoms with Gasteiger partial charge in [0.15, 0.2) is 0 Å². The monoisotopic (exact) mass is 1260 g/mol. The minimum atomic E-state index is -2.87. The zero-order valence-corrected chi connectivity index (χ0v) is 67.0. The summed E-state index contributed by atoms with van der Waals surface area (Å²) >= 11 is 0. The zero-order chi connectivity index (χ0) is 60.5. The van der Waals surface area contributed by atoms with Crippen molar-refractivity contribution in [3.05, 3.63) is 144 Å².